The van der Waals surface area contributed by atoms with Gasteiger partial charge in [0, 0.05) is 24.1 Å². The van der Waals surface area contributed by atoms with E-state index in [1.807, 2.05) is 13.1 Å². The van der Waals surface area contributed by atoms with Gasteiger partial charge in [-0.25, -0.2) is 0 Å². The highest BCUT2D eigenvalue weighted by Crippen LogP contribution is 2.23. The summed E-state index contributed by atoms with van der Waals surface area (Å²) < 4.78 is 0.962. The molecular weight excluding hydrogens is 311 g/mol. The molecule has 0 aliphatic heterocycles. The van der Waals surface area contributed by atoms with Crippen molar-refractivity contribution in [3.05, 3.63) is 33.3 Å². The minimum atomic E-state index is 0. The number of halogens is 3. The smallest absolute Gasteiger partial charge is 0.0548 e. The van der Waals surface area contributed by atoms with Crippen molar-refractivity contribution < 1.29 is 0 Å². The highest BCUT2D eigenvalue weighted by Gasteiger charge is 2.02. The summed E-state index contributed by atoms with van der Waals surface area (Å²) in [5, 5.41) is 3.89. The van der Waals surface area contributed by atoms with E-state index in [-0.39, 0.29) is 12.4 Å². The number of hydrogen-bond acceptors (Lipinski definition) is 2. The number of nitrogens with zero attached hydrogens (tertiary/aromatic N) is 1. The number of nitrogens with one attached hydrogen (secondary N) is 1. The lowest BCUT2D eigenvalue weighted by molar-refractivity contribution is 0.328. The van der Waals surface area contributed by atoms with Gasteiger partial charge in [-0.3, -0.25) is 0 Å². The summed E-state index contributed by atoms with van der Waals surface area (Å²) in [6.45, 7) is 2.99. The largest absolute Gasteiger partial charge is 0.318 e. The Hall–Kier alpha value is 0.200. The van der Waals surface area contributed by atoms with E-state index in [0.29, 0.717) is 0 Å². The van der Waals surface area contributed by atoms with Gasteiger partial charge >= 0.3 is 0 Å². The maximum atomic E-state index is 5.93. The molecule has 0 radical (unpaired) electrons. The number of hydrogen-bond donors (Lipinski definition) is 1. The van der Waals surface area contributed by atoms with Gasteiger partial charge in [0.25, 0.3) is 0 Å². The molecule has 1 aromatic rings. The SMILES string of the molecule is CNCCN(C)Cc1ccc(Cl)c(Br)c1.Cl. The monoisotopic (exact) mass is 326 g/mol. The molecule has 1 N–H and O–H groups in total. The zero-order valence-corrected chi connectivity index (χ0v) is 12.6. The van der Waals surface area contributed by atoms with E-state index in [2.05, 4.69) is 45.3 Å². The van der Waals surface area contributed by atoms with Gasteiger partial charge in [0.05, 0.1) is 5.02 Å². The van der Waals surface area contributed by atoms with Gasteiger partial charge in [-0.05, 0) is 47.7 Å². The second-order valence-corrected chi connectivity index (χ2v) is 4.85. The summed E-state index contributed by atoms with van der Waals surface area (Å²) >= 11 is 9.36. The predicted molar refractivity (Wildman–Crippen MR) is 76.7 cm³/mol. The molecule has 2 nitrogen and oxygen atoms in total. The topological polar surface area (TPSA) is 15.3 Å². The van der Waals surface area contributed by atoms with Crippen LogP contribution in [0.3, 0.4) is 0 Å². The fraction of sp³-hybridized carbons (Fsp3) is 0.455. The molecule has 1 rings (SSSR count). The van der Waals surface area contributed by atoms with Crippen LogP contribution in [0.15, 0.2) is 22.7 Å². The maximum Gasteiger partial charge on any atom is 0.0548 e. The Morgan fingerprint density at radius 1 is 1.44 bits per heavy atom. The molecule has 5 heteroatoms. The van der Waals surface area contributed by atoms with E-state index in [1.54, 1.807) is 0 Å². The maximum absolute atomic E-state index is 5.93. The molecule has 0 aromatic heterocycles. The molecule has 92 valence electrons. The zero-order valence-electron chi connectivity index (χ0n) is 9.46. The third-order valence-corrected chi connectivity index (χ3v) is 3.39. The summed E-state index contributed by atoms with van der Waals surface area (Å²) in [7, 11) is 4.08. The summed E-state index contributed by atoms with van der Waals surface area (Å²) in [4.78, 5) is 2.27. The first-order valence-electron chi connectivity index (χ1n) is 4.90. The van der Waals surface area contributed by atoms with E-state index >= 15 is 0 Å². The van der Waals surface area contributed by atoms with Crippen LogP contribution in [0.25, 0.3) is 0 Å². The Balaban J connectivity index is 0.00000225. The standard InChI is InChI=1S/C11H16BrClN2.ClH/c1-14-5-6-15(2)8-9-3-4-11(13)10(12)7-9;/h3-4,7,14H,5-6,8H2,1-2H3;1H. The van der Waals surface area contributed by atoms with Gasteiger partial charge in [-0.15, -0.1) is 12.4 Å². The molecular formula is C11H17BrCl2N2. The van der Waals surface area contributed by atoms with Crippen molar-refractivity contribution in [1.82, 2.24) is 10.2 Å². The van der Waals surface area contributed by atoms with Crippen molar-refractivity contribution in [3.8, 4) is 0 Å². The lowest BCUT2D eigenvalue weighted by Crippen LogP contribution is -2.26. The van der Waals surface area contributed by atoms with E-state index < -0.39 is 0 Å². The summed E-state index contributed by atoms with van der Waals surface area (Å²) in [6, 6.07) is 6.05. The number of likely N-dealkylation sites (N-methyl/N-ethyl adjacent to an activating group) is 2. The predicted octanol–water partition coefficient (Wildman–Crippen LogP) is 3.18. The Kier molecular flexibility index (Phi) is 8.42. The van der Waals surface area contributed by atoms with Crippen LogP contribution in [0.4, 0.5) is 0 Å². The van der Waals surface area contributed by atoms with Gasteiger partial charge in [0.1, 0.15) is 0 Å². The van der Waals surface area contributed by atoms with E-state index in [9.17, 15) is 0 Å². The van der Waals surface area contributed by atoms with Crippen LogP contribution in [0, 0.1) is 0 Å². The van der Waals surface area contributed by atoms with Gasteiger partial charge in [0.15, 0.2) is 0 Å². The third-order valence-electron chi connectivity index (χ3n) is 2.18. The molecule has 0 atom stereocenters. The van der Waals surface area contributed by atoms with Crippen molar-refractivity contribution >= 4 is 39.9 Å². The first-order valence-corrected chi connectivity index (χ1v) is 6.07. The number of rotatable bonds is 5. The quantitative estimate of drug-likeness (QED) is 0.893. The van der Waals surface area contributed by atoms with Gasteiger partial charge in [-0.2, -0.15) is 0 Å². The van der Waals surface area contributed by atoms with E-state index in [1.165, 1.54) is 5.56 Å². The number of benzene rings is 1. The lowest BCUT2D eigenvalue weighted by atomic mass is 10.2. The van der Waals surface area contributed by atoms with Crippen molar-refractivity contribution in [2.24, 2.45) is 0 Å². The summed E-state index contributed by atoms with van der Waals surface area (Å²) in [5.74, 6) is 0. The Morgan fingerprint density at radius 2 is 2.12 bits per heavy atom. The highest BCUT2D eigenvalue weighted by atomic mass is 79.9. The minimum Gasteiger partial charge on any atom is -0.318 e. The molecule has 16 heavy (non-hydrogen) atoms. The first-order chi connectivity index (χ1) is 7.13. The van der Waals surface area contributed by atoms with Crippen molar-refractivity contribution in [2.75, 3.05) is 27.2 Å². The molecule has 0 fully saturated rings. The second-order valence-electron chi connectivity index (χ2n) is 3.59. The van der Waals surface area contributed by atoms with Crippen LogP contribution in [0.5, 0.6) is 0 Å². The average molecular weight is 328 g/mol. The lowest BCUT2D eigenvalue weighted by Gasteiger charge is -2.16. The second kappa shape index (κ2) is 8.31. The summed E-state index contributed by atoms with van der Waals surface area (Å²) in [5.41, 5.74) is 1.27. The molecule has 0 bridgehead atoms. The molecule has 0 saturated carbocycles. The zero-order chi connectivity index (χ0) is 11.3. The van der Waals surface area contributed by atoms with Crippen LogP contribution >= 0.6 is 39.9 Å². The van der Waals surface area contributed by atoms with Crippen LogP contribution in [0.1, 0.15) is 5.56 Å². The minimum absolute atomic E-state index is 0. The molecule has 0 aliphatic carbocycles. The fourth-order valence-electron chi connectivity index (χ4n) is 1.33. The van der Waals surface area contributed by atoms with Crippen molar-refractivity contribution in [1.29, 1.82) is 0 Å². The first kappa shape index (κ1) is 16.2. The van der Waals surface area contributed by atoms with Gasteiger partial charge < -0.3 is 10.2 Å². The van der Waals surface area contributed by atoms with Gasteiger partial charge in [0.2, 0.25) is 0 Å². The molecule has 0 saturated heterocycles. The van der Waals surface area contributed by atoms with Crippen LogP contribution in [-0.4, -0.2) is 32.1 Å². The van der Waals surface area contributed by atoms with Crippen LogP contribution in [0.2, 0.25) is 5.02 Å². The average Bonchev–Trinajstić information content (AvgIpc) is 2.20. The molecule has 0 amide bonds. The molecule has 0 heterocycles. The van der Waals surface area contributed by atoms with Gasteiger partial charge in [-0.1, -0.05) is 17.7 Å². The van der Waals surface area contributed by atoms with E-state index in [4.69, 9.17) is 11.6 Å². The Bertz CT molecular complexity index is 321. The summed E-state index contributed by atoms with van der Waals surface area (Å²) in [6.07, 6.45) is 0. The fourth-order valence-corrected chi connectivity index (χ4v) is 1.88. The normalized spacial score (nSPS) is 10.3. The highest BCUT2D eigenvalue weighted by molar-refractivity contribution is 9.10. The molecule has 0 aliphatic rings. The van der Waals surface area contributed by atoms with Crippen molar-refractivity contribution in [3.63, 3.8) is 0 Å². The van der Waals surface area contributed by atoms with Crippen LogP contribution in [-0.2, 0) is 6.54 Å². The molecule has 0 unspecified atom stereocenters. The van der Waals surface area contributed by atoms with Crippen molar-refractivity contribution in [2.45, 2.75) is 6.54 Å². The third kappa shape index (κ3) is 5.51. The molecule has 0 spiro atoms. The van der Waals surface area contributed by atoms with E-state index in [0.717, 1.165) is 29.1 Å². The Labute approximate surface area is 117 Å². The molecule has 1 aromatic carbocycles. The Morgan fingerprint density at radius 3 is 2.69 bits per heavy atom. The van der Waals surface area contributed by atoms with Crippen LogP contribution < -0.4 is 5.32 Å².